The summed E-state index contributed by atoms with van der Waals surface area (Å²) in [5, 5.41) is 3.64. The number of nitrogens with one attached hydrogen (secondary N) is 1. The molecule has 3 nitrogen and oxygen atoms in total. The van der Waals surface area contributed by atoms with Gasteiger partial charge in [0.2, 0.25) is 0 Å². The number of rotatable bonds is 3. The van der Waals surface area contributed by atoms with Gasteiger partial charge in [0.25, 0.3) is 0 Å². The van der Waals surface area contributed by atoms with Crippen LogP contribution in [-0.2, 0) is 4.74 Å². The summed E-state index contributed by atoms with van der Waals surface area (Å²) in [6.07, 6.45) is 3.35. The molecule has 1 N–H and O–H groups in total. The second kappa shape index (κ2) is 5.98. The quantitative estimate of drug-likeness (QED) is 0.920. The fourth-order valence-corrected chi connectivity index (χ4v) is 3.68. The third-order valence-corrected chi connectivity index (χ3v) is 4.85. The lowest BCUT2D eigenvalue weighted by atomic mass is 9.78. The lowest BCUT2D eigenvalue weighted by Gasteiger charge is -2.47. The van der Waals surface area contributed by atoms with E-state index < -0.39 is 0 Å². The molecule has 3 rings (SSSR count). The molecule has 0 aromatic heterocycles. The second-order valence-corrected chi connectivity index (χ2v) is 6.74. The maximum atomic E-state index is 6.50. The molecular weight excluding hydrogens is 262 g/mol. The van der Waals surface area contributed by atoms with E-state index in [1.54, 1.807) is 0 Å². The van der Waals surface area contributed by atoms with E-state index >= 15 is 0 Å². The standard InChI is InChI=1S/C18H27NO2/c1-4-19-15-11-18(9-10-20-17(12-18)13(2)3)21-16-8-6-5-7-14(15)16/h5-8,13,15,17,19H,4,9-12H2,1-3H3. The van der Waals surface area contributed by atoms with Crippen molar-refractivity contribution in [2.45, 2.75) is 57.8 Å². The van der Waals surface area contributed by atoms with Crippen molar-refractivity contribution in [1.29, 1.82) is 0 Å². The minimum absolute atomic E-state index is 0.0611. The van der Waals surface area contributed by atoms with Crippen LogP contribution < -0.4 is 10.1 Å². The van der Waals surface area contributed by atoms with E-state index in [0.717, 1.165) is 38.2 Å². The zero-order valence-electron chi connectivity index (χ0n) is 13.4. The van der Waals surface area contributed by atoms with Crippen molar-refractivity contribution < 1.29 is 9.47 Å². The van der Waals surface area contributed by atoms with Crippen LogP contribution >= 0.6 is 0 Å². The summed E-state index contributed by atoms with van der Waals surface area (Å²) in [7, 11) is 0. The molecule has 0 amide bonds. The summed E-state index contributed by atoms with van der Waals surface area (Å²) in [5.74, 6) is 1.60. The van der Waals surface area contributed by atoms with Crippen molar-refractivity contribution in [1.82, 2.24) is 5.32 Å². The van der Waals surface area contributed by atoms with E-state index in [9.17, 15) is 0 Å². The average Bonchev–Trinajstić information content (AvgIpc) is 2.47. The largest absolute Gasteiger partial charge is 0.487 e. The van der Waals surface area contributed by atoms with Crippen LogP contribution in [0.3, 0.4) is 0 Å². The molecule has 3 atom stereocenters. The molecule has 2 heterocycles. The average molecular weight is 289 g/mol. The number of hydrogen-bond donors (Lipinski definition) is 1. The summed E-state index contributed by atoms with van der Waals surface area (Å²) in [4.78, 5) is 0. The van der Waals surface area contributed by atoms with Crippen LogP contribution in [-0.4, -0.2) is 24.9 Å². The minimum atomic E-state index is -0.0611. The maximum Gasteiger partial charge on any atom is 0.124 e. The third kappa shape index (κ3) is 2.95. The minimum Gasteiger partial charge on any atom is -0.487 e. The first-order valence-corrected chi connectivity index (χ1v) is 8.26. The van der Waals surface area contributed by atoms with Gasteiger partial charge >= 0.3 is 0 Å². The summed E-state index contributed by atoms with van der Waals surface area (Å²) in [6.45, 7) is 8.44. The smallest absolute Gasteiger partial charge is 0.124 e. The molecule has 1 spiro atoms. The van der Waals surface area contributed by atoms with Crippen molar-refractivity contribution >= 4 is 0 Å². The lowest BCUT2D eigenvalue weighted by Crippen LogP contribution is -2.51. The fraction of sp³-hybridized carbons (Fsp3) is 0.667. The Morgan fingerprint density at radius 1 is 1.29 bits per heavy atom. The Hall–Kier alpha value is -1.06. The van der Waals surface area contributed by atoms with Gasteiger partial charge in [-0.25, -0.2) is 0 Å². The van der Waals surface area contributed by atoms with Crippen LogP contribution in [0.2, 0.25) is 0 Å². The Bertz CT molecular complexity index is 488. The fourth-order valence-electron chi connectivity index (χ4n) is 3.68. The Balaban J connectivity index is 1.88. The number of benzene rings is 1. The Labute approximate surface area is 128 Å². The molecule has 1 fully saturated rings. The number of para-hydroxylation sites is 1. The topological polar surface area (TPSA) is 30.5 Å². The molecule has 1 saturated heterocycles. The molecule has 0 radical (unpaired) electrons. The number of hydrogen-bond acceptors (Lipinski definition) is 3. The molecule has 3 unspecified atom stereocenters. The summed E-state index contributed by atoms with van der Waals surface area (Å²) in [5.41, 5.74) is 1.24. The highest BCUT2D eigenvalue weighted by molar-refractivity contribution is 5.39. The highest BCUT2D eigenvalue weighted by atomic mass is 16.5. The van der Waals surface area contributed by atoms with Gasteiger partial charge in [-0.3, -0.25) is 0 Å². The zero-order valence-corrected chi connectivity index (χ0v) is 13.4. The maximum absolute atomic E-state index is 6.50. The molecule has 1 aromatic rings. The van der Waals surface area contributed by atoms with Crippen molar-refractivity contribution in [2.75, 3.05) is 13.2 Å². The van der Waals surface area contributed by atoms with Gasteiger partial charge in [0.05, 0.1) is 12.7 Å². The molecule has 1 aromatic carbocycles. The van der Waals surface area contributed by atoms with E-state index in [2.05, 4.69) is 50.4 Å². The van der Waals surface area contributed by atoms with Crippen molar-refractivity contribution in [3.05, 3.63) is 29.8 Å². The number of fused-ring (bicyclic) bond motifs is 1. The first kappa shape index (κ1) is 14.9. The SMILES string of the molecule is CCNC1CC2(CCOC(C(C)C)C2)Oc2ccccc21. The summed E-state index contributed by atoms with van der Waals surface area (Å²) >= 11 is 0. The van der Waals surface area contributed by atoms with Gasteiger partial charge in [-0.15, -0.1) is 0 Å². The third-order valence-electron chi connectivity index (χ3n) is 4.85. The summed E-state index contributed by atoms with van der Waals surface area (Å²) < 4.78 is 12.4. The normalized spacial score (nSPS) is 32.0. The van der Waals surface area contributed by atoms with Crippen LogP contribution in [0.5, 0.6) is 5.75 Å². The van der Waals surface area contributed by atoms with Gasteiger partial charge in [-0.1, -0.05) is 39.0 Å². The molecule has 0 aliphatic carbocycles. The molecule has 2 aliphatic rings. The van der Waals surface area contributed by atoms with Gasteiger partial charge in [0.1, 0.15) is 11.4 Å². The van der Waals surface area contributed by atoms with E-state index in [1.807, 2.05) is 0 Å². The van der Waals surface area contributed by atoms with Crippen molar-refractivity contribution in [3.8, 4) is 5.75 Å². The van der Waals surface area contributed by atoms with Gasteiger partial charge in [-0.05, 0) is 18.5 Å². The molecule has 0 bridgehead atoms. The van der Waals surface area contributed by atoms with Crippen molar-refractivity contribution in [3.63, 3.8) is 0 Å². The van der Waals surface area contributed by atoms with Crippen LogP contribution in [0.15, 0.2) is 24.3 Å². The zero-order chi connectivity index (χ0) is 14.9. The number of ether oxygens (including phenoxy) is 2. The first-order valence-electron chi connectivity index (χ1n) is 8.26. The Morgan fingerprint density at radius 3 is 2.86 bits per heavy atom. The van der Waals surface area contributed by atoms with E-state index in [4.69, 9.17) is 9.47 Å². The molecule has 2 aliphatic heterocycles. The van der Waals surface area contributed by atoms with Crippen molar-refractivity contribution in [2.24, 2.45) is 5.92 Å². The molecular formula is C18H27NO2. The van der Waals surface area contributed by atoms with E-state index in [0.29, 0.717) is 18.1 Å². The predicted octanol–water partition coefficient (Wildman–Crippen LogP) is 3.69. The van der Waals surface area contributed by atoms with Crippen LogP contribution in [0.25, 0.3) is 0 Å². The highest BCUT2D eigenvalue weighted by Crippen LogP contribution is 2.45. The summed E-state index contributed by atoms with van der Waals surface area (Å²) in [6, 6.07) is 8.87. The second-order valence-electron chi connectivity index (χ2n) is 6.74. The molecule has 3 heteroatoms. The molecule has 0 saturated carbocycles. The van der Waals surface area contributed by atoms with Gasteiger partial charge in [0.15, 0.2) is 0 Å². The highest BCUT2D eigenvalue weighted by Gasteiger charge is 2.45. The van der Waals surface area contributed by atoms with Gasteiger partial charge < -0.3 is 14.8 Å². The van der Waals surface area contributed by atoms with E-state index in [-0.39, 0.29) is 5.60 Å². The predicted molar refractivity (Wildman–Crippen MR) is 84.6 cm³/mol. The first-order chi connectivity index (χ1) is 10.1. The lowest BCUT2D eigenvalue weighted by molar-refractivity contribution is -0.116. The van der Waals surface area contributed by atoms with E-state index in [1.165, 1.54) is 5.56 Å². The molecule has 116 valence electrons. The molecule has 21 heavy (non-hydrogen) atoms. The van der Waals surface area contributed by atoms with Crippen LogP contribution in [0.1, 0.15) is 51.6 Å². The Morgan fingerprint density at radius 2 is 2.10 bits per heavy atom. The Kier molecular flexibility index (Phi) is 4.23. The van der Waals surface area contributed by atoms with Gasteiger partial charge in [0, 0.05) is 30.9 Å². The van der Waals surface area contributed by atoms with Gasteiger partial charge in [-0.2, -0.15) is 0 Å². The van der Waals surface area contributed by atoms with Crippen LogP contribution in [0.4, 0.5) is 0 Å². The van der Waals surface area contributed by atoms with Crippen LogP contribution in [0, 0.1) is 5.92 Å². The monoisotopic (exact) mass is 289 g/mol.